The Bertz CT molecular complexity index is 911. The molecule has 0 unspecified atom stereocenters. The largest absolute Gasteiger partial charge is 0.480 e. The third-order valence-electron chi connectivity index (χ3n) is 3.78. The summed E-state index contributed by atoms with van der Waals surface area (Å²) in [7, 11) is 2.93. The number of rotatable bonds is 5. The van der Waals surface area contributed by atoms with Gasteiger partial charge in [0.05, 0.1) is 24.7 Å². The van der Waals surface area contributed by atoms with Crippen LogP contribution in [0.5, 0.6) is 5.88 Å². The lowest BCUT2D eigenvalue weighted by molar-refractivity contribution is 0.0645. The molecular weight excluding hydrogens is 330 g/mol. The first-order valence-corrected chi connectivity index (χ1v) is 7.51. The Labute approximate surface area is 142 Å². The summed E-state index contributed by atoms with van der Waals surface area (Å²) in [5.74, 6) is -0.102. The van der Waals surface area contributed by atoms with Gasteiger partial charge in [-0.3, -0.25) is 9.36 Å². The number of halogens is 2. The van der Waals surface area contributed by atoms with Gasteiger partial charge in [-0.05, 0) is 24.3 Å². The minimum Gasteiger partial charge on any atom is -0.480 e. The number of carbonyl (C=O) groups is 1. The van der Waals surface area contributed by atoms with Crippen LogP contribution >= 0.6 is 0 Å². The zero-order valence-corrected chi connectivity index (χ0v) is 13.7. The third kappa shape index (κ3) is 3.15. The van der Waals surface area contributed by atoms with Gasteiger partial charge in [0.25, 0.3) is 5.91 Å². The summed E-state index contributed by atoms with van der Waals surface area (Å²) < 4.78 is 32.9. The number of para-hydroxylation sites is 2. The first kappa shape index (κ1) is 16.8. The highest BCUT2D eigenvalue weighted by atomic mass is 19.3. The smallest absolute Gasteiger partial charge is 0.320 e. The number of ether oxygens (including phenoxy) is 1. The molecule has 6 nitrogen and oxygen atoms in total. The number of methoxy groups -OCH3 is 1. The van der Waals surface area contributed by atoms with Crippen molar-refractivity contribution in [2.45, 2.75) is 13.1 Å². The van der Waals surface area contributed by atoms with Crippen LogP contribution in [0, 0.1) is 0 Å². The second-order valence-electron chi connectivity index (χ2n) is 5.39. The number of aromatic nitrogens is 3. The fourth-order valence-electron chi connectivity index (χ4n) is 2.63. The monoisotopic (exact) mass is 346 g/mol. The van der Waals surface area contributed by atoms with Crippen molar-refractivity contribution in [1.82, 2.24) is 19.4 Å². The zero-order valence-electron chi connectivity index (χ0n) is 13.7. The van der Waals surface area contributed by atoms with Crippen LogP contribution in [0.15, 0.2) is 42.6 Å². The predicted molar refractivity (Wildman–Crippen MR) is 87.6 cm³/mol. The average molecular weight is 346 g/mol. The highest BCUT2D eigenvalue weighted by Crippen LogP contribution is 2.24. The molecule has 1 aromatic carbocycles. The van der Waals surface area contributed by atoms with Crippen LogP contribution < -0.4 is 4.74 Å². The quantitative estimate of drug-likeness (QED) is 0.712. The van der Waals surface area contributed by atoms with Gasteiger partial charge in [-0.25, -0.2) is 9.97 Å². The van der Waals surface area contributed by atoms with Gasteiger partial charge in [-0.2, -0.15) is 8.78 Å². The summed E-state index contributed by atoms with van der Waals surface area (Å²) >= 11 is 0. The van der Waals surface area contributed by atoms with Crippen LogP contribution in [-0.2, 0) is 6.54 Å². The molecule has 25 heavy (non-hydrogen) atoms. The number of fused-ring (bicyclic) bond motifs is 1. The van der Waals surface area contributed by atoms with Crippen LogP contribution in [0.1, 0.15) is 22.7 Å². The number of hydrogen-bond acceptors (Lipinski definition) is 4. The molecule has 0 spiro atoms. The van der Waals surface area contributed by atoms with Crippen molar-refractivity contribution in [2.75, 3.05) is 14.2 Å². The maximum absolute atomic E-state index is 13.5. The fraction of sp³-hybridized carbons (Fsp3) is 0.235. The molecule has 2 aromatic heterocycles. The second kappa shape index (κ2) is 6.84. The van der Waals surface area contributed by atoms with E-state index in [0.717, 1.165) is 4.57 Å². The molecule has 0 bridgehead atoms. The standard InChI is InChI=1S/C17H16F2N4O2/c1-22(16(24)11-6-5-9-20-15(11)25-2)10-14-21-12-7-3-4-8-13(12)23(14)17(18)19/h3-9,17H,10H2,1-2H3. The van der Waals surface area contributed by atoms with E-state index in [4.69, 9.17) is 4.74 Å². The molecule has 0 saturated carbocycles. The van der Waals surface area contributed by atoms with Crippen LogP contribution in [0.4, 0.5) is 8.78 Å². The average Bonchev–Trinajstić information content (AvgIpc) is 2.98. The van der Waals surface area contributed by atoms with Crippen molar-refractivity contribution in [3.63, 3.8) is 0 Å². The predicted octanol–water partition coefficient (Wildman–Crippen LogP) is 3.11. The van der Waals surface area contributed by atoms with E-state index in [1.807, 2.05) is 0 Å². The molecule has 2 heterocycles. The Morgan fingerprint density at radius 2 is 2.04 bits per heavy atom. The first-order chi connectivity index (χ1) is 12.0. The number of pyridine rings is 1. The highest BCUT2D eigenvalue weighted by molar-refractivity contribution is 5.96. The topological polar surface area (TPSA) is 60.2 Å². The van der Waals surface area contributed by atoms with Crippen LogP contribution in [0.3, 0.4) is 0 Å². The normalized spacial score (nSPS) is 11.1. The van der Waals surface area contributed by atoms with Gasteiger partial charge in [0.1, 0.15) is 11.4 Å². The second-order valence-corrected chi connectivity index (χ2v) is 5.39. The lowest BCUT2D eigenvalue weighted by Crippen LogP contribution is -2.28. The van der Waals surface area contributed by atoms with E-state index < -0.39 is 12.5 Å². The van der Waals surface area contributed by atoms with Gasteiger partial charge in [-0.1, -0.05) is 12.1 Å². The summed E-state index contributed by atoms with van der Waals surface area (Å²) in [5, 5.41) is 0. The number of nitrogens with zero attached hydrogens (tertiary/aromatic N) is 4. The number of benzene rings is 1. The third-order valence-corrected chi connectivity index (χ3v) is 3.78. The summed E-state index contributed by atoms with van der Waals surface area (Å²) in [6.45, 7) is -2.82. The minimum atomic E-state index is -2.75. The van der Waals surface area contributed by atoms with Crippen LogP contribution in [0.25, 0.3) is 11.0 Å². The first-order valence-electron chi connectivity index (χ1n) is 7.51. The van der Waals surface area contributed by atoms with Crippen LogP contribution in [-0.4, -0.2) is 39.5 Å². The molecule has 3 aromatic rings. The maximum Gasteiger partial charge on any atom is 0.320 e. The zero-order chi connectivity index (χ0) is 18.0. The Hall–Kier alpha value is -3.03. The number of imidazole rings is 1. The van der Waals surface area contributed by atoms with E-state index in [9.17, 15) is 13.6 Å². The van der Waals surface area contributed by atoms with Crippen LogP contribution in [0.2, 0.25) is 0 Å². The molecule has 0 radical (unpaired) electrons. The lowest BCUT2D eigenvalue weighted by atomic mass is 10.2. The number of carbonyl (C=O) groups excluding carboxylic acids is 1. The van der Waals surface area contributed by atoms with E-state index in [1.165, 1.54) is 25.3 Å². The molecule has 130 valence electrons. The fourth-order valence-corrected chi connectivity index (χ4v) is 2.63. The Balaban J connectivity index is 1.93. The van der Waals surface area contributed by atoms with E-state index in [-0.39, 0.29) is 23.8 Å². The number of alkyl halides is 2. The summed E-state index contributed by atoms with van der Waals surface area (Å²) in [5.41, 5.74) is 1.04. The van der Waals surface area contributed by atoms with Crippen molar-refractivity contribution in [2.24, 2.45) is 0 Å². The molecular formula is C17H16F2N4O2. The van der Waals surface area contributed by atoms with Gasteiger partial charge in [0.15, 0.2) is 0 Å². The molecule has 0 fully saturated rings. The Kier molecular flexibility index (Phi) is 4.60. The molecule has 3 rings (SSSR count). The highest BCUT2D eigenvalue weighted by Gasteiger charge is 2.22. The SMILES string of the molecule is COc1ncccc1C(=O)N(C)Cc1nc2ccccc2n1C(F)F. The van der Waals surface area contributed by atoms with E-state index in [0.29, 0.717) is 11.0 Å². The number of amides is 1. The van der Waals surface area contributed by atoms with Gasteiger partial charge >= 0.3 is 6.55 Å². The van der Waals surface area contributed by atoms with Crippen molar-refractivity contribution in [3.05, 3.63) is 54.0 Å². The molecule has 0 saturated heterocycles. The van der Waals surface area contributed by atoms with Crippen molar-refractivity contribution >= 4 is 16.9 Å². The maximum atomic E-state index is 13.5. The van der Waals surface area contributed by atoms with Gasteiger partial charge in [0, 0.05) is 13.2 Å². The molecule has 0 N–H and O–H groups in total. The Morgan fingerprint density at radius 3 is 2.76 bits per heavy atom. The summed E-state index contributed by atoms with van der Waals surface area (Å²) in [4.78, 5) is 22.1. The van der Waals surface area contributed by atoms with E-state index in [1.54, 1.807) is 36.4 Å². The molecule has 0 atom stereocenters. The van der Waals surface area contributed by atoms with Crippen molar-refractivity contribution < 1.29 is 18.3 Å². The minimum absolute atomic E-state index is 0.0735. The Morgan fingerprint density at radius 1 is 1.28 bits per heavy atom. The van der Waals surface area contributed by atoms with Crippen molar-refractivity contribution in [1.29, 1.82) is 0 Å². The van der Waals surface area contributed by atoms with Gasteiger partial charge in [0.2, 0.25) is 5.88 Å². The molecule has 8 heteroatoms. The summed E-state index contributed by atoms with van der Waals surface area (Å²) in [6.07, 6.45) is 1.51. The molecule has 0 aliphatic rings. The van der Waals surface area contributed by atoms with E-state index in [2.05, 4.69) is 9.97 Å². The summed E-state index contributed by atoms with van der Waals surface area (Å²) in [6, 6.07) is 9.80. The lowest BCUT2D eigenvalue weighted by Gasteiger charge is -2.18. The van der Waals surface area contributed by atoms with Gasteiger partial charge in [-0.15, -0.1) is 0 Å². The molecule has 0 aliphatic carbocycles. The van der Waals surface area contributed by atoms with E-state index >= 15 is 0 Å². The van der Waals surface area contributed by atoms with Gasteiger partial charge < -0.3 is 9.64 Å². The number of hydrogen-bond donors (Lipinski definition) is 0. The molecule has 1 amide bonds. The molecule has 0 aliphatic heterocycles. The van der Waals surface area contributed by atoms with Crippen molar-refractivity contribution in [3.8, 4) is 5.88 Å².